The highest BCUT2D eigenvalue weighted by Gasteiger charge is 2.39. The van der Waals surface area contributed by atoms with Crippen LogP contribution in [-0.2, 0) is 4.79 Å². The van der Waals surface area contributed by atoms with Gasteiger partial charge in [0.05, 0.1) is 36.3 Å². The van der Waals surface area contributed by atoms with Gasteiger partial charge in [0.1, 0.15) is 5.75 Å². The van der Waals surface area contributed by atoms with Gasteiger partial charge in [-0.1, -0.05) is 54.2 Å². The van der Waals surface area contributed by atoms with Crippen LogP contribution in [0.2, 0.25) is 0 Å². The molecule has 1 amide bonds. The highest BCUT2D eigenvalue weighted by molar-refractivity contribution is 8.03. The Morgan fingerprint density at radius 2 is 1.97 bits per heavy atom. The van der Waals surface area contributed by atoms with Crippen LogP contribution in [-0.4, -0.2) is 30.5 Å². The highest BCUT2D eigenvalue weighted by atomic mass is 32.2. The molecule has 0 N–H and O–H groups in total. The molecule has 1 atom stereocenters. The third-order valence-electron chi connectivity index (χ3n) is 6.16. The Kier molecular flexibility index (Phi) is 5.28. The lowest BCUT2D eigenvalue weighted by Crippen LogP contribution is -2.47. The monoisotopic (exact) mass is 441 g/mol. The van der Waals surface area contributed by atoms with E-state index < -0.39 is 0 Å². The second kappa shape index (κ2) is 8.25. The number of rotatable bonds is 3. The quantitative estimate of drug-likeness (QED) is 0.546. The summed E-state index contributed by atoms with van der Waals surface area (Å²) in [5, 5.41) is 13.1. The summed E-state index contributed by atoms with van der Waals surface area (Å²) in [6.45, 7) is 2.52. The molecule has 3 aromatic rings. The fourth-order valence-corrected chi connectivity index (χ4v) is 5.78. The van der Waals surface area contributed by atoms with E-state index in [2.05, 4.69) is 36.1 Å². The molecular formula is C26H23N3O2S. The topological polar surface area (TPSA) is 56.6 Å². The van der Waals surface area contributed by atoms with Crippen LogP contribution in [0.4, 0.5) is 5.69 Å². The standard InChI is InChI=1S/C26H23N3O2S/c1-17-6-5-8-19(12-17)28-15-29-24(30)13-21(22(14-27)26(29)32-16-28)25-20-9-4-3-7-18(20)10-11-23(25)31-2/h3-12,21H,13,15-16H2,1-2H3/t21-/m0/s1. The largest absolute Gasteiger partial charge is 0.496 e. The van der Waals surface area contributed by atoms with Gasteiger partial charge in [0, 0.05) is 23.6 Å². The highest BCUT2D eigenvalue weighted by Crippen LogP contribution is 2.47. The van der Waals surface area contributed by atoms with Crippen molar-refractivity contribution in [1.82, 2.24) is 4.90 Å². The summed E-state index contributed by atoms with van der Waals surface area (Å²) in [5.74, 6) is 1.11. The van der Waals surface area contributed by atoms with E-state index in [9.17, 15) is 10.1 Å². The van der Waals surface area contributed by atoms with E-state index in [1.807, 2.05) is 42.5 Å². The van der Waals surface area contributed by atoms with Crippen LogP contribution in [0, 0.1) is 18.3 Å². The molecule has 2 heterocycles. The Morgan fingerprint density at radius 1 is 1.12 bits per heavy atom. The van der Waals surface area contributed by atoms with Gasteiger partial charge in [-0.25, -0.2) is 0 Å². The Balaban J connectivity index is 1.58. The van der Waals surface area contributed by atoms with E-state index in [1.54, 1.807) is 23.8 Å². The smallest absolute Gasteiger partial charge is 0.229 e. The number of hydrogen-bond donors (Lipinski definition) is 0. The molecule has 0 radical (unpaired) electrons. The predicted octanol–water partition coefficient (Wildman–Crippen LogP) is 5.38. The minimum atomic E-state index is -0.321. The number of ether oxygens (including phenoxy) is 1. The molecule has 0 aliphatic carbocycles. The minimum Gasteiger partial charge on any atom is -0.496 e. The normalized spacial score (nSPS) is 18.5. The summed E-state index contributed by atoms with van der Waals surface area (Å²) in [6, 6.07) is 22.7. The molecule has 6 heteroatoms. The van der Waals surface area contributed by atoms with E-state index in [1.165, 1.54) is 5.56 Å². The van der Waals surface area contributed by atoms with Crippen LogP contribution < -0.4 is 9.64 Å². The van der Waals surface area contributed by atoms with Crippen molar-refractivity contribution in [2.75, 3.05) is 24.6 Å². The van der Waals surface area contributed by atoms with Gasteiger partial charge in [-0.2, -0.15) is 5.26 Å². The number of nitriles is 1. The van der Waals surface area contributed by atoms with Gasteiger partial charge in [-0.05, 0) is 41.5 Å². The molecule has 32 heavy (non-hydrogen) atoms. The van der Waals surface area contributed by atoms with Crippen LogP contribution >= 0.6 is 11.8 Å². The van der Waals surface area contributed by atoms with E-state index in [4.69, 9.17) is 4.74 Å². The third kappa shape index (κ3) is 3.39. The van der Waals surface area contributed by atoms with Crippen molar-refractivity contribution in [2.45, 2.75) is 19.3 Å². The maximum Gasteiger partial charge on any atom is 0.229 e. The molecule has 160 valence electrons. The zero-order valence-corrected chi connectivity index (χ0v) is 18.9. The van der Waals surface area contributed by atoms with Gasteiger partial charge in [0.15, 0.2) is 0 Å². The fraction of sp³-hybridized carbons (Fsp3) is 0.231. The van der Waals surface area contributed by atoms with Gasteiger partial charge in [-0.15, -0.1) is 0 Å². The van der Waals surface area contributed by atoms with Gasteiger partial charge in [0.25, 0.3) is 0 Å². The number of aryl methyl sites for hydroxylation is 1. The van der Waals surface area contributed by atoms with Gasteiger partial charge in [-0.3, -0.25) is 9.69 Å². The van der Waals surface area contributed by atoms with E-state index in [0.29, 0.717) is 23.9 Å². The van der Waals surface area contributed by atoms with Crippen LogP contribution in [0.25, 0.3) is 10.8 Å². The second-order valence-electron chi connectivity index (χ2n) is 8.11. The van der Waals surface area contributed by atoms with Gasteiger partial charge < -0.3 is 9.64 Å². The number of carbonyl (C=O) groups is 1. The Hall–Kier alpha value is -3.43. The zero-order valence-electron chi connectivity index (χ0n) is 18.0. The molecular weight excluding hydrogens is 418 g/mol. The summed E-state index contributed by atoms with van der Waals surface area (Å²) in [7, 11) is 1.64. The lowest BCUT2D eigenvalue weighted by atomic mass is 9.83. The van der Waals surface area contributed by atoms with Crippen molar-refractivity contribution >= 4 is 34.1 Å². The number of nitrogens with zero attached hydrogens (tertiary/aromatic N) is 3. The second-order valence-corrected chi connectivity index (χ2v) is 9.04. The molecule has 5 nitrogen and oxygen atoms in total. The van der Waals surface area contributed by atoms with E-state index in [0.717, 1.165) is 27.1 Å². The first-order valence-corrected chi connectivity index (χ1v) is 11.5. The van der Waals surface area contributed by atoms with Crippen LogP contribution in [0.15, 0.2) is 71.3 Å². The molecule has 5 rings (SSSR count). The lowest BCUT2D eigenvalue weighted by molar-refractivity contribution is -0.129. The molecule has 2 aliphatic heterocycles. The Labute approximate surface area is 191 Å². The van der Waals surface area contributed by atoms with Crippen molar-refractivity contribution in [3.63, 3.8) is 0 Å². The first-order valence-electron chi connectivity index (χ1n) is 10.6. The first kappa shape index (κ1) is 20.5. The average molecular weight is 442 g/mol. The molecule has 0 bridgehead atoms. The number of anilines is 1. The van der Waals surface area contributed by atoms with Crippen molar-refractivity contribution in [1.29, 1.82) is 5.26 Å². The number of carbonyl (C=O) groups excluding carboxylic acids is 1. The summed E-state index contributed by atoms with van der Waals surface area (Å²) in [6.07, 6.45) is 0.249. The molecule has 1 saturated heterocycles. The molecule has 1 fully saturated rings. The summed E-state index contributed by atoms with van der Waals surface area (Å²) >= 11 is 1.56. The number of benzene rings is 3. The van der Waals surface area contributed by atoms with Crippen LogP contribution in [0.1, 0.15) is 23.5 Å². The maximum absolute atomic E-state index is 13.4. The van der Waals surface area contributed by atoms with Gasteiger partial charge in [0.2, 0.25) is 5.91 Å². The predicted molar refractivity (Wildman–Crippen MR) is 128 cm³/mol. The minimum absolute atomic E-state index is 0.0313. The number of allylic oxidation sites excluding steroid dienone is 1. The summed E-state index contributed by atoms with van der Waals surface area (Å²) in [5.41, 5.74) is 3.83. The molecule has 0 unspecified atom stereocenters. The molecule has 3 aromatic carbocycles. The average Bonchev–Trinajstić information content (AvgIpc) is 2.83. The van der Waals surface area contributed by atoms with Crippen LogP contribution in [0.3, 0.4) is 0 Å². The van der Waals surface area contributed by atoms with Crippen molar-refractivity contribution < 1.29 is 9.53 Å². The third-order valence-corrected chi connectivity index (χ3v) is 7.31. The molecule has 0 saturated carbocycles. The molecule has 2 aliphatic rings. The number of thioether (sulfide) groups is 1. The summed E-state index contributed by atoms with van der Waals surface area (Å²) in [4.78, 5) is 17.3. The van der Waals surface area contributed by atoms with E-state index in [-0.39, 0.29) is 18.2 Å². The molecule has 0 aromatic heterocycles. The maximum atomic E-state index is 13.4. The summed E-state index contributed by atoms with van der Waals surface area (Å²) < 4.78 is 5.68. The number of fused-ring (bicyclic) bond motifs is 2. The molecule has 0 spiro atoms. The number of methoxy groups -OCH3 is 1. The van der Waals surface area contributed by atoms with Crippen molar-refractivity contribution in [2.24, 2.45) is 0 Å². The van der Waals surface area contributed by atoms with Crippen LogP contribution in [0.5, 0.6) is 5.75 Å². The van der Waals surface area contributed by atoms with Crippen molar-refractivity contribution in [3.05, 3.63) is 82.4 Å². The number of hydrogen-bond acceptors (Lipinski definition) is 5. The zero-order chi connectivity index (χ0) is 22.2. The lowest BCUT2D eigenvalue weighted by Gasteiger charge is -2.42. The first-order chi connectivity index (χ1) is 15.6. The van der Waals surface area contributed by atoms with E-state index >= 15 is 0 Å². The SMILES string of the molecule is COc1ccc2ccccc2c1[C@H]1CC(=O)N2CN(c3cccc(C)c3)CSC2=C1C#N. The fourth-order valence-electron chi connectivity index (χ4n) is 4.61. The van der Waals surface area contributed by atoms with Gasteiger partial charge >= 0.3 is 0 Å². The number of amides is 1. The Bertz CT molecular complexity index is 1290. The van der Waals surface area contributed by atoms with Crippen molar-refractivity contribution in [3.8, 4) is 11.8 Å². The Morgan fingerprint density at radius 3 is 2.75 bits per heavy atom.